The number of carbonyl (C=O) groups excluding carboxylic acids is 11. The minimum Gasteiger partial charge on any atom is -0.390 e. The standard InChI is InChI=1S/C60H109N11O12/c1-25-28-29-38(13)50(73)49(54(77)64-43(27-3)57(80)65(18)32-46(72)69(22)48(51(61)74)37(12)26-2)71(24)60(83)47(36(10)11)70(23)59(82)45(31-34(6)7)68(21)58(81)44(30-33(4)5)67(20)56(79)41(16)63-52(75)40(15)62-53(76)42(17)66(19)55(78)39(14)35(8)9/h25,28,33-45,47-50,73H,26-27,29-32H2,1-24H3,(H2,61,74)(H,62,76)(H,63,75)(H,64,77)/b28-25-/t37?,38-,39-,40-,41+,42+,43+,44-,45-,47+,48+,49?,50+/m1/s1. The zero-order chi connectivity index (χ0) is 65.0. The van der Waals surface area contributed by atoms with Crippen LogP contribution in [-0.2, 0) is 52.7 Å². The van der Waals surface area contributed by atoms with Crippen LogP contribution < -0.4 is 21.7 Å². The van der Waals surface area contributed by atoms with Gasteiger partial charge >= 0.3 is 0 Å². The molecular weight excluding hydrogens is 1070 g/mol. The Morgan fingerprint density at radius 2 is 0.952 bits per heavy atom. The van der Waals surface area contributed by atoms with E-state index in [1.165, 1.54) is 87.7 Å². The Labute approximate surface area is 496 Å². The summed E-state index contributed by atoms with van der Waals surface area (Å²) in [4.78, 5) is 162. The van der Waals surface area contributed by atoms with Gasteiger partial charge in [-0.05, 0) is 88.9 Å². The molecule has 0 saturated carbocycles. The molecule has 6 N–H and O–H groups in total. The molecule has 2 unspecified atom stereocenters. The summed E-state index contributed by atoms with van der Waals surface area (Å²) in [6.45, 7) is 29.3. The van der Waals surface area contributed by atoms with Crippen LogP contribution in [0.25, 0.3) is 0 Å². The van der Waals surface area contributed by atoms with E-state index in [4.69, 9.17) is 5.73 Å². The predicted octanol–water partition coefficient (Wildman–Crippen LogP) is 2.87. The minimum atomic E-state index is -1.60. The maximum absolute atomic E-state index is 15.1. The zero-order valence-electron chi connectivity index (χ0n) is 54.9. The molecule has 0 bridgehead atoms. The van der Waals surface area contributed by atoms with Crippen molar-refractivity contribution >= 4 is 65.0 Å². The Morgan fingerprint density at radius 1 is 0.482 bits per heavy atom. The summed E-state index contributed by atoms with van der Waals surface area (Å²) in [7, 11) is 10.0. The number of hydrogen-bond donors (Lipinski definition) is 5. The SMILES string of the molecule is C/C=C\C[C@@H](C)[C@H](O)C(C(=O)N[C@@H](CC)C(=O)N(C)CC(=O)N(C)[C@H](C(N)=O)C(C)CC)N(C)C(=O)[C@H](C(C)C)N(C)C(=O)[C@@H](CC(C)C)N(C)C(=O)[C@@H](CC(C)C)N(C)C(=O)[C@H](C)NC(=O)[C@@H](C)NC(=O)[C@H](C)N(C)C(=O)[C@H](C)C(C)C. The number of nitrogens with zero attached hydrogens (tertiary/aromatic N) is 7. The summed E-state index contributed by atoms with van der Waals surface area (Å²) in [6, 6.07) is -10.5. The number of allylic oxidation sites excluding steroid dienone is 2. The van der Waals surface area contributed by atoms with E-state index in [2.05, 4.69) is 16.0 Å². The fraction of sp³-hybridized carbons (Fsp3) is 0.783. The van der Waals surface area contributed by atoms with Gasteiger partial charge in [0.15, 0.2) is 0 Å². The lowest BCUT2D eigenvalue weighted by Gasteiger charge is -2.41. The molecule has 0 spiro atoms. The summed E-state index contributed by atoms with van der Waals surface area (Å²) in [5.74, 6) is -8.82. The Morgan fingerprint density at radius 3 is 1.39 bits per heavy atom. The smallest absolute Gasteiger partial charge is 0.246 e. The van der Waals surface area contributed by atoms with Crippen molar-refractivity contribution in [3.63, 3.8) is 0 Å². The van der Waals surface area contributed by atoms with Crippen LogP contribution in [0.2, 0.25) is 0 Å². The largest absolute Gasteiger partial charge is 0.390 e. The quantitative estimate of drug-likeness (QED) is 0.0582. The molecule has 23 nitrogen and oxygen atoms in total. The maximum atomic E-state index is 15.1. The van der Waals surface area contributed by atoms with Crippen LogP contribution in [0.15, 0.2) is 12.2 Å². The van der Waals surface area contributed by atoms with Crippen LogP contribution in [0.1, 0.15) is 150 Å². The molecule has 0 aromatic carbocycles. The normalized spacial score (nSPS) is 16.4. The summed E-state index contributed by atoms with van der Waals surface area (Å²) in [5.41, 5.74) is 5.65. The van der Waals surface area contributed by atoms with Crippen LogP contribution in [0.3, 0.4) is 0 Å². The fourth-order valence-corrected chi connectivity index (χ4v) is 9.83. The van der Waals surface area contributed by atoms with Gasteiger partial charge in [-0.1, -0.05) is 109 Å². The van der Waals surface area contributed by atoms with Crippen molar-refractivity contribution in [3.05, 3.63) is 12.2 Å². The minimum absolute atomic E-state index is 0.0451. The van der Waals surface area contributed by atoms with E-state index < -0.39 is 138 Å². The molecule has 11 amide bonds. The molecule has 0 heterocycles. The van der Waals surface area contributed by atoms with Gasteiger partial charge in [-0.15, -0.1) is 0 Å². The second-order valence-corrected chi connectivity index (χ2v) is 24.5. The van der Waals surface area contributed by atoms with Crippen molar-refractivity contribution in [2.24, 2.45) is 47.2 Å². The molecule has 0 saturated heterocycles. The maximum Gasteiger partial charge on any atom is 0.246 e. The predicted molar refractivity (Wildman–Crippen MR) is 321 cm³/mol. The molecule has 0 radical (unpaired) electrons. The van der Waals surface area contributed by atoms with Crippen LogP contribution in [0, 0.1) is 41.4 Å². The third-order valence-corrected chi connectivity index (χ3v) is 16.2. The first kappa shape index (κ1) is 76.9. The molecule has 13 atom stereocenters. The second kappa shape index (κ2) is 35.2. The number of rotatable bonds is 34. The third kappa shape index (κ3) is 21.8. The first-order chi connectivity index (χ1) is 38.2. The molecule has 23 heteroatoms. The lowest BCUT2D eigenvalue weighted by atomic mass is 9.91. The summed E-state index contributed by atoms with van der Waals surface area (Å²) >= 11 is 0. The highest BCUT2D eigenvalue weighted by atomic mass is 16.3. The number of likely N-dealkylation sites (N-methyl/N-ethyl adjacent to an activating group) is 7. The lowest BCUT2D eigenvalue weighted by Crippen LogP contribution is -2.63. The third-order valence-electron chi connectivity index (χ3n) is 16.2. The number of aliphatic hydroxyl groups excluding tert-OH is 1. The van der Waals surface area contributed by atoms with E-state index in [1.54, 1.807) is 67.5 Å². The molecule has 0 rings (SSSR count). The number of amides is 11. The van der Waals surface area contributed by atoms with Gasteiger partial charge in [0.05, 0.1) is 12.6 Å². The van der Waals surface area contributed by atoms with Crippen molar-refractivity contribution in [2.45, 2.75) is 210 Å². The first-order valence-corrected chi connectivity index (χ1v) is 29.6. The van der Waals surface area contributed by atoms with Gasteiger partial charge in [0, 0.05) is 55.3 Å². The number of nitrogens with two attached hydrogens (primary N) is 1. The van der Waals surface area contributed by atoms with Crippen molar-refractivity contribution in [2.75, 3.05) is 55.9 Å². The average molecular weight is 1180 g/mol. The molecule has 476 valence electrons. The Balaban J connectivity index is 7.01. The topological polar surface area (TPSA) is 293 Å². The molecule has 0 aromatic heterocycles. The van der Waals surface area contributed by atoms with E-state index in [1.807, 2.05) is 48.5 Å². The van der Waals surface area contributed by atoms with Crippen LogP contribution in [0.5, 0.6) is 0 Å². The van der Waals surface area contributed by atoms with Gasteiger partial charge in [0.2, 0.25) is 65.0 Å². The monoisotopic (exact) mass is 1180 g/mol. The molecule has 0 aliphatic carbocycles. The average Bonchev–Trinajstić information content (AvgIpc) is 3.42. The highest BCUT2D eigenvalue weighted by molar-refractivity contribution is 5.98. The molecule has 83 heavy (non-hydrogen) atoms. The van der Waals surface area contributed by atoms with E-state index in [-0.39, 0.29) is 54.8 Å². The van der Waals surface area contributed by atoms with Crippen LogP contribution >= 0.6 is 0 Å². The molecular formula is C60H109N11O12. The molecule has 0 aliphatic heterocycles. The van der Waals surface area contributed by atoms with Crippen molar-refractivity contribution in [1.29, 1.82) is 0 Å². The second-order valence-electron chi connectivity index (χ2n) is 24.5. The number of aliphatic hydroxyl groups is 1. The van der Waals surface area contributed by atoms with Gasteiger partial charge in [-0.2, -0.15) is 0 Å². The van der Waals surface area contributed by atoms with Gasteiger partial charge in [0.25, 0.3) is 0 Å². The highest BCUT2D eigenvalue weighted by Gasteiger charge is 2.45. The fourth-order valence-electron chi connectivity index (χ4n) is 9.83. The van der Waals surface area contributed by atoms with Crippen molar-refractivity contribution in [3.8, 4) is 0 Å². The number of nitrogens with one attached hydrogen (secondary N) is 3. The van der Waals surface area contributed by atoms with Gasteiger partial charge in [-0.3, -0.25) is 52.7 Å². The van der Waals surface area contributed by atoms with E-state index in [0.717, 1.165) is 9.80 Å². The Kier molecular flexibility index (Phi) is 32.6. The first-order valence-electron chi connectivity index (χ1n) is 29.6. The van der Waals surface area contributed by atoms with Gasteiger partial charge < -0.3 is 61.1 Å². The number of hydrogen-bond acceptors (Lipinski definition) is 12. The van der Waals surface area contributed by atoms with Crippen molar-refractivity contribution < 1.29 is 57.8 Å². The number of carbonyl (C=O) groups is 11. The number of primary amides is 1. The van der Waals surface area contributed by atoms with E-state index in [9.17, 15) is 48.3 Å². The Hall–Kier alpha value is -6.13. The van der Waals surface area contributed by atoms with Crippen LogP contribution in [0.4, 0.5) is 0 Å². The zero-order valence-corrected chi connectivity index (χ0v) is 54.9. The summed E-state index contributed by atoms with van der Waals surface area (Å²) in [5, 5.41) is 20.0. The van der Waals surface area contributed by atoms with Gasteiger partial charge in [0.1, 0.15) is 54.4 Å². The van der Waals surface area contributed by atoms with Crippen LogP contribution in [-0.4, -0.2) is 221 Å². The van der Waals surface area contributed by atoms with Gasteiger partial charge in [-0.25, -0.2) is 0 Å². The van der Waals surface area contributed by atoms with E-state index >= 15 is 9.59 Å². The molecule has 0 aromatic rings. The highest BCUT2D eigenvalue weighted by Crippen LogP contribution is 2.25. The summed E-state index contributed by atoms with van der Waals surface area (Å²) < 4.78 is 0. The molecule has 0 fully saturated rings. The Bertz CT molecular complexity index is 2240. The van der Waals surface area contributed by atoms with E-state index in [0.29, 0.717) is 12.8 Å². The molecule has 0 aliphatic rings. The van der Waals surface area contributed by atoms with Crippen molar-refractivity contribution in [1.82, 2.24) is 50.2 Å². The summed E-state index contributed by atoms with van der Waals surface area (Å²) in [6.07, 6.45) is 3.33. The lowest BCUT2D eigenvalue weighted by molar-refractivity contribution is -0.157.